The molecule has 0 aromatic carbocycles. The van der Waals surface area contributed by atoms with Gasteiger partial charge in [0, 0.05) is 33.2 Å². The largest absolute Gasteiger partial charge is 0.356 e. The summed E-state index contributed by atoms with van der Waals surface area (Å²) >= 11 is 0. The molecule has 3 rings (SSSR count). The van der Waals surface area contributed by atoms with Crippen molar-refractivity contribution >= 4 is 29.9 Å². The zero-order valence-corrected chi connectivity index (χ0v) is 18.8. The van der Waals surface area contributed by atoms with Gasteiger partial charge in [-0.3, -0.25) is 4.99 Å². The Morgan fingerprint density at radius 1 is 1.08 bits per heavy atom. The molecule has 3 aliphatic rings. The van der Waals surface area contributed by atoms with Crippen LogP contribution in [-0.2, 0) is 0 Å². The minimum absolute atomic E-state index is 0. The summed E-state index contributed by atoms with van der Waals surface area (Å²) in [5.41, 5.74) is 0.582. The number of guanidine groups is 1. The number of aliphatic imine (C=N–C) groups is 1. The first-order valence-electron chi connectivity index (χ1n) is 10.4. The van der Waals surface area contributed by atoms with E-state index in [0.29, 0.717) is 5.41 Å². The van der Waals surface area contributed by atoms with Crippen molar-refractivity contribution < 1.29 is 0 Å². The quantitative estimate of drug-likeness (QED) is 0.392. The molecule has 1 aliphatic carbocycles. The molecule has 1 atom stereocenters. The summed E-state index contributed by atoms with van der Waals surface area (Å²) in [4.78, 5) is 9.77. The molecule has 1 unspecified atom stereocenters. The normalized spacial score (nSPS) is 27.8. The monoisotopic (exact) mass is 462 g/mol. The first-order chi connectivity index (χ1) is 11.7. The standard InChI is InChI=1S/C20H38N4.HI/c1-3-23-14-9-18(16-23)15-22-19(21-2)24-13-8-12-20(17-24)10-6-4-5-7-11-20;/h18H,3-17H2,1-2H3,(H,21,22);1H. The number of nitrogens with one attached hydrogen (secondary N) is 1. The fraction of sp³-hybridized carbons (Fsp3) is 0.950. The molecular formula is C20H39IN4. The Morgan fingerprint density at radius 3 is 2.44 bits per heavy atom. The zero-order chi connectivity index (χ0) is 16.8. The second-order valence-electron chi connectivity index (χ2n) is 8.42. The van der Waals surface area contributed by atoms with Crippen LogP contribution in [0.3, 0.4) is 0 Å². The molecule has 2 saturated heterocycles. The average molecular weight is 462 g/mol. The summed E-state index contributed by atoms with van der Waals surface area (Å²) in [5.74, 6) is 1.95. The maximum atomic E-state index is 4.63. The highest BCUT2D eigenvalue weighted by atomic mass is 127. The van der Waals surface area contributed by atoms with E-state index in [1.54, 1.807) is 0 Å². The Balaban J connectivity index is 0.00000225. The second-order valence-corrected chi connectivity index (χ2v) is 8.42. The minimum Gasteiger partial charge on any atom is -0.356 e. The molecule has 5 heteroatoms. The van der Waals surface area contributed by atoms with Gasteiger partial charge >= 0.3 is 0 Å². The van der Waals surface area contributed by atoms with Crippen molar-refractivity contribution in [2.24, 2.45) is 16.3 Å². The fourth-order valence-corrected chi connectivity index (χ4v) is 5.21. The van der Waals surface area contributed by atoms with Crippen LogP contribution in [0, 0.1) is 11.3 Å². The summed E-state index contributed by atoms with van der Waals surface area (Å²) < 4.78 is 0. The number of hydrogen-bond donors (Lipinski definition) is 1. The third-order valence-electron chi connectivity index (χ3n) is 6.70. The molecule has 2 aliphatic heterocycles. The van der Waals surface area contributed by atoms with Gasteiger partial charge in [-0.05, 0) is 56.5 Å². The van der Waals surface area contributed by atoms with Gasteiger partial charge in [-0.25, -0.2) is 0 Å². The summed E-state index contributed by atoms with van der Waals surface area (Å²) in [6.07, 6.45) is 12.8. The van der Waals surface area contributed by atoms with Crippen molar-refractivity contribution in [1.82, 2.24) is 15.1 Å². The van der Waals surface area contributed by atoms with Gasteiger partial charge in [0.1, 0.15) is 0 Å². The molecule has 3 fully saturated rings. The third-order valence-corrected chi connectivity index (χ3v) is 6.70. The Bertz CT molecular complexity index is 418. The van der Waals surface area contributed by atoms with Gasteiger partial charge in [0.05, 0.1) is 0 Å². The van der Waals surface area contributed by atoms with Crippen LogP contribution in [0.4, 0.5) is 0 Å². The molecule has 0 aromatic rings. The van der Waals surface area contributed by atoms with Crippen molar-refractivity contribution in [2.45, 2.75) is 64.7 Å². The SMILES string of the molecule is CCN1CCC(CNC(=NC)N2CCCC3(CCCCCC3)C2)C1.I. The number of hydrogen-bond acceptors (Lipinski definition) is 2. The highest BCUT2D eigenvalue weighted by Crippen LogP contribution is 2.42. The lowest BCUT2D eigenvalue weighted by Crippen LogP contribution is -2.51. The summed E-state index contributed by atoms with van der Waals surface area (Å²) in [6, 6.07) is 0. The first kappa shape index (κ1) is 21.3. The van der Waals surface area contributed by atoms with Crippen LogP contribution in [0.2, 0.25) is 0 Å². The lowest BCUT2D eigenvalue weighted by molar-refractivity contribution is 0.115. The summed E-state index contributed by atoms with van der Waals surface area (Å²) in [5, 5.41) is 3.71. The van der Waals surface area contributed by atoms with Crippen molar-refractivity contribution in [3.05, 3.63) is 0 Å². The van der Waals surface area contributed by atoms with Gasteiger partial charge in [0.2, 0.25) is 0 Å². The van der Waals surface area contributed by atoms with Gasteiger partial charge in [-0.15, -0.1) is 24.0 Å². The van der Waals surface area contributed by atoms with Crippen LogP contribution in [0.5, 0.6) is 0 Å². The number of halogens is 1. The van der Waals surface area contributed by atoms with Crippen molar-refractivity contribution in [2.75, 3.05) is 46.3 Å². The van der Waals surface area contributed by atoms with E-state index in [-0.39, 0.29) is 24.0 Å². The molecule has 2 heterocycles. The number of nitrogens with zero attached hydrogens (tertiary/aromatic N) is 3. The maximum absolute atomic E-state index is 4.63. The van der Waals surface area contributed by atoms with E-state index in [9.17, 15) is 0 Å². The van der Waals surface area contributed by atoms with Gasteiger partial charge in [0.25, 0.3) is 0 Å². The van der Waals surface area contributed by atoms with Crippen LogP contribution in [0.15, 0.2) is 4.99 Å². The van der Waals surface area contributed by atoms with Crippen molar-refractivity contribution in [3.63, 3.8) is 0 Å². The molecule has 25 heavy (non-hydrogen) atoms. The molecule has 146 valence electrons. The van der Waals surface area contributed by atoms with E-state index in [1.165, 1.54) is 90.5 Å². The molecule has 0 amide bonds. The predicted molar refractivity (Wildman–Crippen MR) is 118 cm³/mol. The average Bonchev–Trinajstić information content (AvgIpc) is 2.96. The van der Waals surface area contributed by atoms with Crippen LogP contribution in [0.25, 0.3) is 0 Å². The highest BCUT2D eigenvalue weighted by Gasteiger charge is 2.36. The fourth-order valence-electron chi connectivity index (χ4n) is 5.21. The molecule has 1 saturated carbocycles. The maximum Gasteiger partial charge on any atom is 0.193 e. The van der Waals surface area contributed by atoms with Gasteiger partial charge < -0.3 is 15.1 Å². The van der Waals surface area contributed by atoms with E-state index in [4.69, 9.17) is 0 Å². The van der Waals surface area contributed by atoms with Crippen molar-refractivity contribution in [1.29, 1.82) is 0 Å². The minimum atomic E-state index is 0. The van der Waals surface area contributed by atoms with E-state index in [1.807, 2.05) is 7.05 Å². The number of rotatable bonds is 3. The Morgan fingerprint density at radius 2 is 1.80 bits per heavy atom. The molecule has 0 radical (unpaired) electrons. The van der Waals surface area contributed by atoms with Crippen LogP contribution in [0.1, 0.15) is 64.7 Å². The molecular weight excluding hydrogens is 423 g/mol. The number of likely N-dealkylation sites (tertiary alicyclic amines) is 2. The van der Waals surface area contributed by atoms with Gasteiger partial charge in [-0.2, -0.15) is 0 Å². The smallest absolute Gasteiger partial charge is 0.193 e. The Labute approximate surface area is 172 Å². The van der Waals surface area contributed by atoms with E-state index in [2.05, 4.69) is 27.0 Å². The summed E-state index contributed by atoms with van der Waals surface area (Å²) in [6.45, 7) is 9.51. The van der Waals surface area contributed by atoms with Crippen LogP contribution >= 0.6 is 24.0 Å². The lowest BCUT2D eigenvalue weighted by Gasteiger charge is -2.44. The molecule has 1 spiro atoms. The van der Waals surface area contributed by atoms with E-state index in [0.717, 1.165) is 18.4 Å². The number of piperidine rings is 1. The highest BCUT2D eigenvalue weighted by molar-refractivity contribution is 14.0. The van der Waals surface area contributed by atoms with Gasteiger partial charge in [0.15, 0.2) is 5.96 Å². The van der Waals surface area contributed by atoms with Crippen molar-refractivity contribution in [3.8, 4) is 0 Å². The lowest BCUT2D eigenvalue weighted by atomic mass is 9.74. The Kier molecular flexibility index (Phi) is 8.79. The topological polar surface area (TPSA) is 30.9 Å². The van der Waals surface area contributed by atoms with Crippen LogP contribution in [-0.4, -0.2) is 62.1 Å². The third kappa shape index (κ3) is 5.72. The molecule has 4 nitrogen and oxygen atoms in total. The van der Waals surface area contributed by atoms with E-state index < -0.39 is 0 Å². The van der Waals surface area contributed by atoms with Gasteiger partial charge in [-0.1, -0.05) is 32.6 Å². The molecule has 0 bridgehead atoms. The Hall–Kier alpha value is -0.0400. The zero-order valence-electron chi connectivity index (χ0n) is 16.4. The predicted octanol–water partition coefficient (Wildman–Crippen LogP) is 3.96. The molecule has 0 aromatic heterocycles. The summed E-state index contributed by atoms with van der Waals surface area (Å²) in [7, 11) is 1.96. The molecule has 1 N–H and O–H groups in total. The van der Waals surface area contributed by atoms with Crippen LogP contribution < -0.4 is 5.32 Å². The second kappa shape index (κ2) is 10.3. The van der Waals surface area contributed by atoms with E-state index >= 15 is 0 Å². The first-order valence-corrected chi connectivity index (χ1v) is 10.4.